The van der Waals surface area contributed by atoms with E-state index in [0.29, 0.717) is 27.6 Å². The zero-order valence-electron chi connectivity index (χ0n) is 15.3. The molecular weight excluding hydrogens is 364 g/mol. The van der Waals surface area contributed by atoms with E-state index >= 15 is 0 Å². The Morgan fingerprint density at radius 2 is 1.78 bits per heavy atom. The summed E-state index contributed by atoms with van der Waals surface area (Å²) in [4.78, 5) is 25.3. The number of ether oxygens (including phenoxy) is 1. The molecule has 1 saturated carbocycles. The SMILES string of the molecule is COc1ccc(C(=O)Nc2ccccc2C(=O)NC2CCCCC2)cc1Cl. The summed E-state index contributed by atoms with van der Waals surface area (Å²) in [5.41, 5.74) is 1.32. The van der Waals surface area contributed by atoms with Gasteiger partial charge in [0.1, 0.15) is 5.75 Å². The maximum absolute atomic E-state index is 12.7. The van der Waals surface area contributed by atoms with Crippen LogP contribution in [0, 0.1) is 0 Å². The van der Waals surface area contributed by atoms with Crippen molar-refractivity contribution in [1.29, 1.82) is 0 Å². The number of methoxy groups -OCH3 is 1. The molecule has 0 unspecified atom stereocenters. The number of halogens is 1. The summed E-state index contributed by atoms with van der Waals surface area (Å²) in [6.45, 7) is 0. The zero-order valence-corrected chi connectivity index (χ0v) is 16.0. The fraction of sp³-hybridized carbons (Fsp3) is 0.333. The minimum absolute atomic E-state index is 0.162. The fourth-order valence-corrected chi connectivity index (χ4v) is 3.56. The minimum Gasteiger partial charge on any atom is -0.495 e. The molecule has 27 heavy (non-hydrogen) atoms. The number of hydrogen-bond donors (Lipinski definition) is 2. The maximum atomic E-state index is 12.7. The van der Waals surface area contributed by atoms with E-state index in [4.69, 9.17) is 16.3 Å². The van der Waals surface area contributed by atoms with Crippen molar-refractivity contribution in [3.8, 4) is 5.75 Å². The quantitative estimate of drug-likeness (QED) is 0.785. The Kier molecular flexibility index (Phi) is 6.35. The van der Waals surface area contributed by atoms with Crippen molar-refractivity contribution in [2.24, 2.45) is 0 Å². The van der Waals surface area contributed by atoms with Crippen LogP contribution in [-0.2, 0) is 0 Å². The van der Waals surface area contributed by atoms with E-state index in [1.54, 1.807) is 42.5 Å². The molecule has 2 amide bonds. The lowest BCUT2D eigenvalue weighted by molar-refractivity contribution is 0.0928. The van der Waals surface area contributed by atoms with E-state index in [2.05, 4.69) is 10.6 Å². The molecule has 1 aliphatic rings. The van der Waals surface area contributed by atoms with Crippen LogP contribution in [-0.4, -0.2) is 25.0 Å². The van der Waals surface area contributed by atoms with Crippen LogP contribution in [0.2, 0.25) is 5.02 Å². The van der Waals surface area contributed by atoms with Gasteiger partial charge in [0.05, 0.1) is 23.4 Å². The Hall–Kier alpha value is -2.53. The highest BCUT2D eigenvalue weighted by Crippen LogP contribution is 2.26. The molecule has 2 N–H and O–H groups in total. The number of hydrogen-bond acceptors (Lipinski definition) is 3. The number of amides is 2. The Morgan fingerprint density at radius 1 is 1.04 bits per heavy atom. The van der Waals surface area contributed by atoms with E-state index in [1.807, 2.05) is 0 Å². The second-order valence-corrected chi connectivity index (χ2v) is 7.06. The summed E-state index contributed by atoms with van der Waals surface area (Å²) in [6.07, 6.45) is 5.52. The van der Waals surface area contributed by atoms with Crippen molar-refractivity contribution >= 4 is 29.1 Å². The highest BCUT2D eigenvalue weighted by Gasteiger charge is 2.19. The number of rotatable bonds is 5. The van der Waals surface area contributed by atoms with Crippen LogP contribution in [0.3, 0.4) is 0 Å². The lowest BCUT2D eigenvalue weighted by Gasteiger charge is -2.23. The van der Waals surface area contributed by atoms with Gasteiger partial charge in [-0.1, -0.05) is 43.0 Å². The predicted octanol–water partition coefficient (Wildman–Crippen LogP) is 4.66. The third-order valence-electron chi connectivity index (χ3n) is 4.77. The van der Waals surface area contributed by atoms with Crippen LogP contribution in [0.5, 0.6) is 5.75 Å². The lowest BCUT2D eigenvalue weighted by atomic mass is 9.95. The van der Waals surface area contributed by atoms with Gasteiger partial charge in [0, 0.05) is 11.6 Å². The van der Waals surface area contributed by atoms with Gasteiger partial charge in [0.15, 0.2) is 0 Å². The molecule has 0 radical (unpaired) electrons. The molecular formula is C21H23ClN2O3. The number of carbonyl (C=O) groups excluding carboxylic acids is 2. The molecule has 0 aromatic heterocycles. The zero-order chi connectivity index (χ0) is 19.2. The van der Waals surface area contributed by atoms with Gasteiger partial charge in [-0.3, -0.25) is 9.59 Å². The molecule has 0 heterocycles. The van der Waals surface area contributed by atoms with E-state index < -0.39 is 0 Å². The van der Waals surface area contributed by atoms with Crippen LogP contribution in [0.4, 0.5) is 5.69 Å². The molecule has 0 bridgehead atoms. The van der Waals surface area contributed by atoms with Crippen LogP contribution in [0.15, 0.2) is 42.5 Å². The number of nitrogens with one attached hydrogen (secondary N) is 2. The van der Waals surface area contributed by atoms with Crippen LogP contribution in [0.1, 0.15) is 52.8 Å². The van der Waals surface area contributed by atoms with Crippen molar-refractivity contribution in [2.75, 3.05) is 12.4 Å². The van der Waals surface area contributed by atoms with Crippen molar-refractivity contribution in [3.05, 3.63) is 58.6 Å². The van der Waals surface area contributed by atoms with Crippen LogP contribution in [0.25, 0.3) is 0 Å². The first-order valence-corrected chi connectivity index (χ1v) is 9.51. The van der Waals surface area contributed by atoms with E-state index in [9.17, 15) is 9.59 Å². The van der Waals surface area contributed by atoms with E-state index in [0.717, 1.165) is 25.7 Å². The number of carbonyl (C=O) groups is 2. The summed E-state index contributed by atoms with van der Waals surface area (Å²) in [5.74, 6) is 0.00325. The Morgan fingerprint density at radius 3 is 2.48 bits per heavy atom. The molecule has 1 aliphatic carbocycles. The smallest absolute Gasteiger partial charge is 0.255 e. The standard InChI is InChI=1S/C21H23ClN2O3/c1-27-19-12-11-14(13-17(19)22)20(25)24-18-10-6-5-9-16(18)21(26)23-15-7-3-2-4-8-15/h5-6,9-13,15H,2-4,7-8H2,1H3,(H,23,26)(H,24,25). The van der Waals surface area contributed by atoms with E-state index in [-0.39, 0.29) is 17.9 Å². The minimum atomic E-state index is -0.336. The van der Waals surface area contributed by atoms with Crippen molar-refractivity contribution in [1.82, 2.24) is 5.32 Å². The van der Waals surface area contributed by atoms with Crippen LogP contribution >= 0.6 is 11.6 Å². The van der Waals surface area contributed by atoms with Gasteiger partial charge in [0.2, 0.25) is 0 Å². The fourth-order valence-electron chi connectivity index (χ4n) is 3.30. The van der Waals surface area contributed by atoms with Gasteiger partial charge < -0.3 is 15.4 Å². The van der Waals surface area contributed by atoms with E-state index in [1.165, 1.54) is 13.5 Å². The summed E-state index contributed by atoms with van der Waals surface area (Å²) in [6, 6.07) is 12.0. The first kappa shape index (κ1) is 19.2. The average molecular weight is 387 g/mol. The first-order valence-electron chi connectivity index (χ1n) is 9.13. The molecule has 3 rings (SSSR count). The third kappa shape index (κ3) is 4.80. The number of anilines is 1. The summed E-state index contributed by atoms with van der Waals surface area (Å²) < 4.78 is 5.10. The van der Waals surface area contributed by atoms with Gasteiger partial charge in [-0.2, -0.15) is 0 Å². The number of para-hydroxylation sites is 1. The Balaban J connectivity index is 1.74. The average Bonchev–Trinajstić information content (AvgIpc) is 2.69. The second-order valence-electron chi connectivity index (χ2n) is 6.66. The molecule has 0 atom stereocenters. The first-order chi connectivity index (χ1) is 13.1. The van der Waals surface area contributed by atoms with Gasteiger partial charge >= 0.3 is 0 Å². The van der Waals surface area contributed by atoms with Gasteiger partial charge in [0.25, 0.3) is 11.8 Å². The highest BCUT2D eigenvalue weighted by molar-refractivity contribution is 6.32. The maximum Gasteiger partial charge on any atom is 0.255 e. The lowest BCUT2D eigenvalue weighted by Crippen LogP contribution is -2.36. The monoisotopic (exact) mass is 386 g/mol. The Bertz CT molecular complexity index is 832. The van der Waals surface area contributed by atoms with Crippen molar-refractivity contribution in [2.45, 2.75) is 38.1 Å². The molecule has 5 nitrogen and oxygen atoms in total. The topological polar surface area (TPSA) is 67.4 Å². The summed E-state index contributed by atoms with van der Waals surface area (Å²) in [5, 5.41) is 6.25. The molecule has 6 heteroatoms. The van der Waals surface area contributed by atoms with Gasteiger partial charge in [-0.05, 0) is 43.2 Å². The molecule has 1 fully saturated rings. The van der Waals surface area contributed by atoms with Gasteiger partial charge in [-0.15, -0.1) is 0 Å². The number of benzene rings is 2. The molecule has 2 aromatic carbocycles. The summed E-state index contributed by atoms with van der Waals surface area (Å²) >= 11 is 6.10. The highest BCUT2D eigenvalue weighted by atomic mass is 35.5. The largest absolute Gasteiger partial charge is 0.495 e. The van der Waals surface area contributed by atoms with Crippen LogP contribution < -0.4 is 15.4 Å². The molecule has 142 valence electrons. The molecule has 0 saturated heterocycles. The van der Waals surface area contributed by atoms with Crippen molar-refractivity contribution in [3.63, 3.8) is 0 Å². The Labute approximate surface area is 164 Å². The molecule has 0 aliphatic heterocycles. The summed E-state index contributed by atoms with van der Waals surface area (Å²) in [7, 11) is 1.52. The third-order valence-corrected chi connectivity index (χ3v) is 5.07. The van der Waals surface area contributed by atoms with Crippen molar-refractivity contribution < 1.29 is 14.3 Å². The molecule has 2 aromatic rings. The normalized spacial score (nSPS) is 14.4. The predicted molar refractivity (Wildman–Crippen MR) is 107 cm³/mol. The molecule has 0 spiro atoms. The second kappa shape index (κ2) is 8.91. The van der Waals surface area contributed by atoms with Gasteiger partial charge in [-0.25, -0.2) is 0 Å².